The van der Waals surface area contributed by atoms with E-state index in [-0.39, 0.29) is 0 Å². The van der Waals surface area contributed by atoms with Crippen molar-refractivity contribution < 1.29 is 9.53 Å². The van der Waals surface area contributed by atoms with Crippen LogP contribution in [0.15, 0.2) is 18.5 Å². The third-order valence-electron chi connectivity index (χ3n) is 2.53. The lowest BCUT2D eigenvalue weighted by Gasteiger charge is -2.30. The Morgan fingerprint density at radius 3 is 3.00 bits per heavy atom. The molecule has 0 atom stereocenters. The summed E-state index contributed by atoms with van der Waals surface area (Å²) in [6.45, 7) is 3.28. The van der Waals surface area contributed by atoms with Crippen LogP contribution in [0.25, 0.3) is 0 Å². The van der Waals surface area contributed by atoms with Crippen LogP contribution in [0.3, 0.4) is 0 Å². The predicted octanol–water partition coefficient (Wildman–Crippen LogP) is 0.660. The van der Waals surface area contributed by atoms with Gasteiger partial charge in [-0.2, -0.15) is 0 Å². The van der Waals surface area contributed by atoms with E-state index in [1.54, 1.807) is 12.4 Å². The number of carbonyl (C=O) groups is 1. The molecule has 1 fully saturated rings. The molecule has 2 rings (SSSR count). The van der Waals surface area contributed by atoms with Crippen LogP contribution < -0.4 is 4.90 Å². The van der Waals surface area contributed by atoms with Crippen molar-refractivity contribution in [3.63, 3.8) is 0 Å². The molecule has 2 heterocycles. The Labute approximate surface area is 88.9 Å². The van der Waals surface area contributed by atoms with E-state index < -0.39 is 0 Å². The van der Waals surface area contributed by atoms with E-state index in [9.17, 15) is 4.79 Å². The molecule has 1 aliphatic heterocycles. The highest BCUT2D eigenvalue weighted by Gasteiger charge is 2.13. The highest BCUT2D eigenvalue weighted by Crippen LogP contribution is 2.20. The van der Waals surface area contributed by atoms with Crippen LogP contribution >= 0.6 is 0 Å². The largest absolute Gasteiger partial charge is 0.378 e. The van der Waals surface area contributed by atoms with Crippen molar-refractivity contribution in [3.8, 4) is 0 Å². The zero-order chi connectivity index (χ0) is 10.5. The maximum Gasteiger partial charge on any atom is 0.124 e. The van der Waals surface area contributed by atoms with E-state index in [4.69, 9.17) is 4.74 Å². The lowest BCUT2D eigenvalue weighted by Crippen LogP contribution is -2.36. The minimum Gasteiger partial charge on any atom is -0.378 e. The number of morpholine rings is 1. The molecule has 0 spiro atoms. The van der Waals surface area contributed by atoms with Gasteiger partial charge in [-0.1, -0.05) is 0 Å². The number of carbonyl (C=O) groups excluding carboxylic acids is 1. The number of ether oxygens (including phenoxy) is 1. The number of nitrogens with zero attached hydrogens (tertiary/aromatic N) is 2. The number of aldehydes is 1. The van der Waals surface area contributed by atoms with Crippen molar-refractivity contribution in [2.24, 2.45) is 0 Å². The van der Waals surface area contributed by atoms with Crippen LogP contribution in [0.1, 0.15) is 5.56 Å². The average Bonchev–Trinajstić information content (AvgIpc) is 2.31. The molecule has 0 radical (unpaired) electrons. The van der Waals surface area contributed by atoms with Gasteiger partial charge in [0.25, 0.3) is 0 Å². The van der Waals surface area contributed by atoms with Crippen LogP contribution in [-0.4, -0.2) is 37.6 Å². The molecule has 0 aliphatic carbocycles. The van der Waals surface area contributed by atoms with E-state index in [0.717, 1.165) is 43.8 Å². The summed E-state index contributed by atoms with van der Waals surface area (Å²) >= 11 is 0. The molecule has 1 aliphatic rings. The Morgan fingerprint density at radius 1 is 1.47 bits per heavy atom. The third-order valence-corrected chi connectivity index (χ3v) is 2.53. The molecule has 1 saturated heterocycles. The SMILES string of the molecule is O=CCc1cnccc1N1CCOCC1. The van der Waals surface area contributed by atoms with Crippen LogP contribution in [0.4, 0.5) is 5.69 Å². The van der Waals surface area contributed by atoms with Crippen LogP contribution in [0.5, 0.6) is 0 Å². The van der Waals surface area contributed by atoms with E-state index in [1.807, 2.05) is 6.07 Å². The van der Waals surface area contributed by atoms with Crippen molar-refractivity contribution in [3.05, 3.63) is 24.0 Å². The van der Waals surface area contributed by atoms with E-state index in [0.29, 0.717) is 6.42 Å². The normalized spacial score (nSPS) is 16.4. The van der Waals surface area contributed by atoms with Crippen molar-refractivity contribution in [2.45, 2.75) is 6.42 Å². The number of hydrogen-bond acceptors (Lipinski definition) is 4. The van der Waals surface area contributed by atoms with Crippen molar-refractivity contribution in [1.29, 1.82) is 0 Å². The zero-order valence-corrected chi connectivity index (χ0v) is 8.56. The molecule has 0 amide bonds. The molecule has 0 aromatic carbocycles. The van der Waals surface area contributed by atoms with Crippen molar-refractivity contribution in [1.82, 2.24) is 4.98 Å². The molecule has 0 N–H and O–H groups in total. The third kappa shape index (κ3) is 2.33. The summed E-state index contributed by atoms with van der Waals surface area (Å²) in [5.74, 6) is 0. The van der Waals surface area contributed by atoms with Gasteiger partial charge in [-0.05, 0) is 6.07 Å². The summed E-state index contributed by atoms with van der Waals surface area (Å²) in [6.07, 6.45) is 4.87. The standard InChI is InChI=1S/C11H14N2O2/c14-6-2-10-9-12-3-1-11(10)13-4-7-15-8-5-13/h1,3,6,9H,2,4-5,7-8H2. The fourth-order valence-electron chi connectivity index (χ4n) is 1.78. The van der Waals surface area contributed by atoms with E-state index in [2.05, 4.69) is 9.88 Å². The minimum absolute atomic E-state index is 0.431. The number of pyridine rings is 1. The molecule has 1 aromatic heterocycles. The number of anilines is 1. The van der Waals surface area contributed by atoms with Crippen molar-refractivity contribution >= 4 is 12.0 Å². The summed E-state index contributed by atoms with van der Waals surface area (Å²) in [6, 6.07) is 1.96. The van der Waals surface area contributed by atoms with Gasteiger partial charge in [-0.25, -0.2) is 0 Å². The monoisotopic (exact) mass is 206 g/mol. The summed E-state index contributed by atoms with van der Waals surface area (Å²) in [4.78, 5) is 16.8. The second-order valence-corrected chi connectivity index (χ2v) is 3.47. The van der Waals surface area contributed by atoms with Gasteiger partial charge >= 0.3 is 0 Å². The fraction of sp³-hybridized carbons (Fsp3) is 0.455. The Hall–Kier alpha value is -1.42. The molecule has 0 saturated carbocycles. The first kappa shape index (κ1) is 10.1. The molecule has 80 valence electrons. The van der Waals surface area contributed by atoms with Gasteiger partial charge in [0.1, 0.15) is 6.29 Å². The molecule has 4 heteroatoms. The highest BCUT2D eigenvalue weighted by atomic mass is 16.5. The fourth-order valence-corrected chi connectivity index (χ4v) is 1.78. The second-order valence-electron chi connectivity index (χ2n) is 3.47. The Morgan fingerprint density at radius 2 is 2.27 bits per heavy atom. The van der Waals surface area contributed by atoms with Gasteiger partial charge in [-0.3, -0.25) is 4.98 Å². The minimum atomic E-state index is 0.431. The van der Waals surface area contributed by atoms with Gasteiger partial charge in [0.2, 0.25) is 0 Å². The van der Waals surface area contributed by atoms with Gasteiger partial charge < -0.3 is 14.4 Å². The second kappa shape index (κ2) is 4.89. The average molecular weight is 206 g/mol. The molecule has 0 unspecified atom stereocenters. The Balaban J connectivity index is 2.20. The molecule has 0 bridgehead atoms. The van der Waals surface area contributed by atoms with Crippen LogP contribution in [0.2, 0.25) is 0 Å². The van der Waals surface area contributed by atoms with Gasteiger partial charge in [0, 0.05) is 43.2 Å². The van der Waals surface area contributed by atoms with E-state index >= 15 is 0 Å². The summed E-state index contributed by atoms with van der Waals surface area (Å²) in [5.41, 5.74) is 2.11. The van der Waals surface area contributed by atoms with E-state index in [1.165, 1.54) is 0 Å². The van der Waals surface area contributed by atoms with Gasteiger partial charge in [0.05, 0.1) is 13.2 Å². The lowest BCUT2D eigenvalue weighted by atomic mass is 10.1. The summed E-state index contributed by atoms with van der Waals surface area (Å²) in [5, 5.41) is 0. The molecule has 4 nitrogen and oxygen atoms in total. The molecule has 15 heavy (non-hydrogen) atoms. The van der Waals surface area contributed by atoms with Crippen LogP contribution in [-0.2, 0) is 16.0 Å². The topological polar surface area (TPSA) is 42.4 Å². The number of hydrogen-bond donors (Lipinski definition) is 0. The molecular formula is C11H14N2O2. The smallest absolute Gasteiger partial charge is 0.124 e. The zero-order valence-electron chi connectivity index (χ0n) is 8.56. The molecule has 1 aromatic rings. The maximum atomic E-state index is 10.5. The quantitative estimate of drug-likeness (QED) is 0.681. The summed E-state index contributed by atoms with van der Waals surface area (Å²) < 4.78 is 5.29. The lowest BCUT2D eigenvalue weighted by molar-refractivity contribution is -0.107. The number of aromatic nitrogens is 1. The van der Waals surface area contributed by atoms with Gasteiger partial charge in [-0.15, -0.1) is 0 Å². The summed E-state index contributed by atoms with van der Waals surface area (Å²) in [7, 11) is 0. The molecular weight excluding hydrogens is 192 g/mol. The maximum absolute atomic E-state index is 10.5. The first-order valence-corrected chi connectivity index (χ1v) is 5.11. The van der Waals surface area contributed by atoms with Crippen LogP contribution in [0, 0.1) is 0 Å². The first-order chi connectivity index (χ1) is 7.42. The Bertz CT molecular complexity index is 335. The predicted molar refractivity (Wildman–Crippen MR) is 57.0 cm³/mol. The highest BCUT2D eigenvalue weighted by molar-refractivity contribution is 5.63. The first-order valence-electron chi connectivity index (χ1n) is 5.11. The van der Waals surface area contributed by atoms with Crippen molar-refractivity contribution in [2.75, 3.05) is 31.2 Å². The Kier molecular flexibility index (Phi) is 3.29. The van der Waals surface area contributed by atoms with Gasteiger partial charge in [0.15, 0.2) is 0 Å². The number of rotatable bonds is 3.